The quantitative estimate of drug-likeness (QED) is 0.932. The van der Waals surface area contributed by atoms with E-state index in [0.29, 0.717) is 25.9 Å². The maximum Gasteiger partial charge on any atom is 0.254 e. The molecule has 1 aromatic rings. The summed E-state index contributed by atoms with van der Waals surface area (Å²) in [6.45, 7) is 5.48. The Kier molecular flexibility index (Phi) is 4.62. The molecule has 1 aliphatic carbocycles. The average Bonchev–Trinajstić information content (AvgIpc) is 2.99. The minimum atomic E-state index is -1.10. The molecule has 2 aliphatic rings. The molecule has 0 unspecified atom stereocenters. The van der Waals surface area contributed by atoms with E-state index < -0.39 is 5.60 Å². The molecule has 126 valence electrons. The van der Waals surface area contributed by atoms with Gasteiger partial charge in [-0.2, -0.15) is 0 Å². The zero-order chi connectivity index (χ0) is 16.4. The predicted octanol–water partition coefficient (Wildman–Crippen LogP) is 2.98. The SMILES string of the molecule is Cc1ccc(C)c(OC2CCN(C(=O)C3(O)CCCC3)CC2)c1. The molecule has 4 nitrogen and oxygen atoms in total. The van der Waals surface area contributed by atoms with Crippen LogP contribution in [0.5, 0.6) is 5.75 Å². The number of hydrogen-bond acceptors (Lipinski definition) is 3. The molecule has 0 bridgehead atoms. The fourth-order valence-electron chi connectivity index (χ4n) is 3.66. The molecule has 1 heterocycles. The van der Waals surface area contributed by atoms with Crippen LogP contribution in [-0.4, -0.2) is 40.7 Å². The van der Waals surface area contributed by atoms with Crippen molar-refractivity contribution in [3.63, 3.8) is 0 Å². The van der Waals surface area contributed by atoms with Crippen LogP contribution in [0.25, 0.3) is 0 Å². The van der Waals surface area contributed by atoms with Gasteiger partial charge in [0.05, 0.1) is 0 Å². The van der Waals surface area contributed by atoms with Crippen molar-refractivity contribution in [1.29, 1.82) is 0 Å². The summed E-state index contributed by atoms with van der Waals surface area (Å²) in [6, 6.07) is 6.25. The Morgan fingerprint density at radius 1 is 1.22 bits per heavy atom. The first kappa shape index (κ1) is 16.3. The number of rotatable bonds is 3. The largest absolute Gasteiger partial charge is 0.490 e. The van der Waals surface area contributed by atoms with E-state index in [-0.39, 0.29) is 12.0 Å². The molecule has 0 radical (unpaired) electrons. The molecule has 0 aromatic heterocycles. The second-order valence-corrected chi connectivity index (χ2v) is 7.12. The summed E-state index contributed by atoms with van der Waals surface area (Å²) in [5.41, 5.74) is 1.25. The number of ether oxygens (including phenoxy) is 1. The first-order valence-corrected chi connectivity index (χ1v) is 8.74. The third-order valence-corrected chi connectivity index (χ3v) is 5.20. The van der Waals surface area contributed by atoms with Crippen LogP contribution in [0.2, 0.25) is 0 Å². The number of carbonyl (C=O) groups is 1. The van der Waals surface area contributed by atoms with E-state index in [1.165, 1.54) is 5.56 Å². The van der Waals surface area contributed by atoms with Gasteiger partial charge in [0.1, 0.15) is 17.5 Å². The Morgan fingerprint density at radius 3 is 2.52 bits per heavy atom. The number of piperidine rings is 1. The van der Waals surface area contributed by atoms with Crippen LogP contribution in [0.4, 0.5) is 0 Å². The summed E-state index contributed by atoms with van der Waals surface area (Å²) in [7, 11) is 0. The highest BCUT2D eigenvalue weighted by molar-refractivity contribution is 5.85. The minimum Gasteiger partial charge on any atom is -0.490 e. The van der Waals surface area contributed by atoms with Crippen LogP contribution in [0.3, 0.4) is 0 Å². The number of amides is 1. The van der Waals surface area contributed by atoms with Crippen molar-refractivity contribution >= 4 is 5.91 Å². The van der Waals surface area contributed by atoms with E-state index in [1.54, 1.807) is 0 Å². The standard InChI is InChI=1S/C19H27NO3/c1-14-5-6-15(2)17(13-14)23-16-7-11-20(12-8-16)18(21)19(22)9-3-4-10-19/h5-6,13,16,22H,3-4,7-12H2,1-2H3. The molecule has 0 atom stereocenters. The molecule has 1 amide bonds. The van der Waals surface area contributed by atoms with E-state index in [4.69, 9.17) is 4.74 Å². The van der Waals surface area contributed by atoms with Gasteiger partial charge >= 0.3 is 0 Å². The van der Waals surface area contributed by atoms with E-state index >= 15 is 0 Å². The maximum atomic E-state index is 12.5. The van der Waals surface area contributed by atoms with Gasteiger partial charge in [0, 0.05) is 25.9 Å². The van der Waals surface area contributed by atoms with Gasteiger partial charge < -0.3 is 14.7 Å². The topological polar surface area (TPSA) is 49.8 Å². The summed E-state index contributed by atoms with van der Waals surface area (Å²) in [6.07, 6.45) is 4.95. The van der Waals surface area contributed by atoms with E-state index in [1.807, 2.05) is 4.90 Å². The lowest BCUT2D eigenvalue weighted by Crippen LogP contribution is -2.51. The summed E-state index contributed by atoms with van der Waals surface area (Å²) in [5, 5.41) is 10.5. The Labute approximate surface area is 138 Å². The zero-order valence-corrected chi connectivity index (χ0v) is 14.2. The van der Waals surface area contributed by atoms with E-state index in [2.05, 4.69) is 32.0 Å². The molecule has 0 spiro atoms. The van der Waals surface area contributed by atoms with Gasteiger partial charge in [-0.15, -0.1) is 0 Å². The molecule has 23 heavy (non-hydrogen) atoms. The zero-order valence-electron chi connectivity index (χ0n) is 14.2. The monoisotopic (exact) mass is 317 g/mol. The van der Waals surface area contributed by atoms with Crippen molar-refractivity contribution in [3.8, 4) is 5.75 Å². The second kappa shape index (κ2) is 6.52. The number of hydrogen-bond donors (Lipinski definition) is 1. The van der Waals surface area contributed by atoms with Crippen LogP contribution in [0.1, 0.15) is 49.7 Å². The van der Waals surface area contributed by atoms with Gasteiger partial charge in [-0.25, -0.2) is 0 Å². The summed E-state index contributed by atoms with van der Waals surface area (Å²) < 4.78 is 6.15. The lowest BCUT2D eigenvalue weighted by molar-refractivity contribution is -0.152. The molecule has 4 heteroatoms. The maximum absolute atomic E-state index is 12.5. The molecule has 1 saturated heterocycles. The highest BCUT2D eigenvalue weighted by atomic mass is 16.5. The van der Waals surface area contributed by atoms with Crippen LogP contribution in [0.15, 0.2) is 18.2 Å². The smallest absolute Gasteiger partial charge is 0.254 e. The van der Waals surface area contributed by atoms with Gasteiger partial charge in [-0.1, -0.05) is 12.1 Å². The molecule has 1 aromatic carbocycles. The summed E-state index contributed by atoms with van der Waals surface area (Å²) >= 11 is 0. The van der Waals surface area contributed by atoms with Crippen LogP contribution < -0.4 is 4.74 Å². The molecule has 1 aliphatic heterocycles. The molecule has 2 fully saturated rings. The van der Waals surface area contributed by atoms with Gasteiger partial charge in [0.25, 0.3) is 5.91 Å². The molecule has 1 N–H and O–H groups in total. The van der Waals surface area contributed by atoms with Gasteiger partial charge in [-0.3, -0.25) is 4.79 Å². The predicted molar refractivity (Wildman–Crippen MR) is 89.6 cm³/mol. The Bertz CT molecular complexity index is 570. The number of likely N-dealkylation sites (tertiary alicyclic amines) is 1. The molecule has 1 saturated carbocycles. The van der Waals surface area contributed by atoms with Gasteiger partial charge in [0.15, 0.2) is 0 Å². The summed E-state index contributed by atoms with van der Waals surface area (Å²) in [5.74, 6) is 0.879. The first-order valence-electron chi connectivity index (χ1n) is 8.74. The van der Waals surface area contributed by atoms with Crippen molar-refractivity contribution in [3.05, 3.63) is 29.3 Å². The lowest BCUT2D eigenvalue weighted by atomic mass is 9.98. The Hall–Kier alpha value is -1.55. The van der Waals surface area contributed by atoms with Crippen LogP contribution in [0, 0.1) is 13.8 Å². The third kappa shape index (κ3) is 3.52. The lowest BCUT2D eigenvalue weighted by Gasteiger charge is -2.36. The fourth-order valence-corrected chi connectivity index (χ4v) is 3.66. The van der Waals surface area contributed by atoms with Crippen molar-refractivity contribution in [2.75, 3.05) is 13.1 Å². The van der Waals surface area contributed by atoms with Crippen molar-refractivity contribution < 1.29 is 14.6 Å². The highest BCUT2D eigenvalue weighted by Gasteiger charge is 2.42. The van der Waals surface area contributed by atoms with Gasteiger partial charge in [-0.05, 0) is 56.7 Å². The number of aliphatic hydroxyl groups is 1. The second-order valence-electron chi connectivity index (χ2n) is 7.12. The third-order valence-electron chi connectivity index (χ3n) is 5.20. The normalized spacial score (nSPS) is 21.4. The van der Waals surface area contributed by atoms with E-state index in [9.17, 15) is 9.90 Å². The van der Waals surface area contributed by atoms with Crippen molar-refractivity contribution in [1.82, 2.24) is 4.90 Å². The molecule has 3 rings (SSSR count). The van der Waals surface area contributed by atoms with E-state index in [0.717, 1.165) is 37.0 Å². The average molecular weight is 317 g/mol. The van der Waals surface area contributed by atoms with Gasteiger partial charge in [0.2, 0.25) is 0 Å². The van der Waals surface area contributed by atoms with Crippen molar-refractivity contribution in [2.24, 2.45) is 0 Å². The minimum absolute atomic E-state index is 0.0693. The Morgan fingerprint density at radius 2 is 1.87 bits per heavy atom. The number of carbonyl (C=O) groups excluding carboxylic acids is 1. The Balaban J connectivity index is 1.56. The summed E-state index contributed by atoms with van der Waals surface area (Å²) in [4.78, 5) is 14.3. The number of benzene rings is 1. The first-order chi connectivity index (χ1) is 11.0. The number of aryl methyl sites for hydroxylation is 2. The van der Waals surface area contributed by atoms with Crippen LogP contribution >= 0.6 is 0 Å². The highest BCUT2D eigenvalue weighted by Crippen LogP contribution is 2.32. The van der Waals surface area contributed by atoms with Crippen molar-refractivity contribution in [2.45, 2.75) is 64.1 Å². The fraction of sp³-hybridized carbons (Fsp3) is 0.632. The van der Waals surface area contributed by atoms with Crippen LogP contribution in [-0.2, 0) is 4.79 Å². The molecular weight excluding hydrogens is 290 g/mol. The number of nitrogens with zero attached hydrogens (tertiary/aromatic N) is 1. The molecular formula is C19H27NO3.